The zero-order valence-electron chi connectivity index (χ0n) is 10.9. The third-order valence-electron chi connectivity index (χ3n) is 3.12. The fourth-order valence-corrected chi connectivity index (χ4v) is 2.10. The van der Waals surface area contributed by atoms with Gasteiger partial charge in [0.1, 0.15) is 5.82 Å². The van der Waals surface area contributed by atoms with E-state index in [1.165, 1.54) is 12.8 Å². The minimum absolute atomic E-state index is 0.124. The monoisotopic (exact) mass is 248 g/mol. The van der Waals surface area contributed by atoms with Gasteiger partial charge in [-0.25, -0.2) is 4.98 Å². The van der Waals surface area contributed by atoms with Gasteiger partial charge in [0.2, 0.25) is 0 Å². The fourth-order valence-electron chi connectivity index (χ4n) is 2.10. The minimum atomic E-state index is 0.124. The number of nitrogens with zero attached hydrogens (tertiary/aromatic N) is 3. The van der Waals surface area contributed by atoms with Gasteiger partial charge in [-0.2, -0.15) is 0 Å². The lowest BCUT2D eigenvalue weighted by molar-refractivity contribution is 0.318. The molecule has 1 aliphatic carbocycles. The topological polar surface area (TPSA) is 74.7 Å². The summed E-state index contributed by atoms with van der Waals surface area (Å²) in [5.74, 6) is 0.967. The Labute approximate surface area is 107 Å². The summed E-state index contributed by atoms with van der Waals surface area (Å²) in [6, 6.07) is 4.32. The normalized spacial score (nSPS) is 15.8. The first-order valence-electron chi connectivity index (χ1n) is 6.39. The summed E-state index contributed by atoms with van der Waals surface area (Å²) in [6.07, 6.45) is 3.46. The highest BCUT2D eigenvalue weighted by Crippen LogP contribution is 2.32. The number of oxime groups is 1. The SMILES string of the molecule is CCCN(c1nc(C)ccc1C(N)=NO)C1CC1. The number of aromatic nitrogens is 1. The fraction of sp³-hybridized carbons (Fsp3) is 0.538. The standard InChI is InChI=1S/C13H20N4O/c1-3-8-17(10-5-6-10)13-11(12(14)16-18)7-4-9(2)15-13/h4,7,10,18H,3,5-6,8H2,1-2H3,(H2,14,16). The molecule has 0 aromatic carbocycles. The van der Waals surface area contributed by atoms with Crippen LogP contribution in [0.4, 0.5) is 5.82 Å². The first-order valence-corrected chi connectivity index (χ1v) is 6.39. The minimum Gasteiger partial charge on any atom is -0.409 e. The molecule has 18 heavy (non-hydrogen) atoms. The van der Waals surface area contributed by atoms with Crippen LogP contribution >= 0.6 is 0 Å². The molecule has 1 heterocycles. The van der Waals surface area contributed by atoms with Crippen LogP contribution in [0.1, 0.15) is 37.4 Å². The number of nitrogens with two attached hydrogens (primary N) is 1. The van der Waals surface area contributed by atoms with Gasteiger partial charge in [0.05, 0.1) is 5.56 Å². The van der Waals surface area contributed by atoms with E-state index in [4.69, 9.17) is 10.9 Å². The van der Waals surface area contributed by atoms with Gasteiger partial charge in [0.25, 0.3) is 0 Å². The van der Waals surface area contributed by atoms with E-state index >= 15 is 0 Å². The number of aryl methyl sites for hydroxylation is 1. The molecule has 0 atom stereocenters. The first-order chi connectivity index (χ1) is 8.67. The molecule has 98 valence electrons. The molecule has 0 saturated heterocycles. The lowest BCUT2D eigenvalue weighted by Gasteiger charge is -2.25. The summed E-state index contributed by atoms with van der Waals surface area (Å²) in [5, 5.41) is 12.0. The van der Waals surface area contributed by atoms with Crippen LogP contribution in [0.2, 0.25) is 0 Å². The number of rotatable bonds is 5. The summed E-state index contributed by atoms with van der Waals surface area (Å²) in [5.41, 5.74) is 7.39. The van der Waals surface area contributed by atoms with Gasteiger partial charge >= 0.3 is 0 Å². The van der Waals surface area contributed by atoms with Crippen LogP contribution in [0.15, 0.2) is 17.3 Å². The van der Waals surface area contributed by atoms with Gasteiger partial charge in [-0.15, -0.1) is 0 Å². The molecule has 1 saturated carbocycles. The van der Waals surface area contributed by atoms with E-state index in [-0.39, 0.29) is 5.84 Å². The molecular weight excluding hydrogens is 228 g/mol. The maximum atomic E-state index is 8.86. The Morgan fingerprint density at radius 3 is 2.83 bits per heavy atom. The van der Waals surface area contributed by atoms with Crippen LogP contribution < -0.4 is 10.6 Å². The average molecular weight is 248 g/mol. The summed E-state index contributed by atoms with van der Waals surface area (Å²) in [4.78, 5) is 6.85. The second-order valence-electron chi connectivity index (χ2n) is 4.73. The number of hydrogen-bond donors (Lipinski definition) is 2. The Balaban J connectivity index is 2.42. The van der Waals surface area contributed by atoms with E-state index in [1.807, 2.05) is 19.1 Å². The van der Waals surface area contributed by atoms with Crippen LogP contribution in [-0.2, 0) is 0 Å². The lowest BCUT2D eigenvalue weighted by atomic mass is 10.2. The quantitative estimate of drug-likeness (QED) is 0.361. The van der Waals surface area contributed by atoms with Crippen molar-refractivity contribution in [2.24, 2.45) is 10.9 Å². The molecule has 0 bridgehead atoms. The Bertz CT molecular complexity index is 454. The van der Waals surface area contributed by atoms with Crippen LogP contribution in [0, 0.1) is 6.92 Å². The van der Waals surface area contributed by atoms with Crippen LogP contribution in [0.25, 0.3) is 0 Å². The van der Waals surface area contributed by atoms with Crippen molar-refractivity contribution in [1.29, 1.82) is 0 Å². The number of anilines is 1. The number of pyridine rings is 1. The highest BCUT2D eigenvalue weighted by Gasteiger charge is 2.31. The molecule has 0 spiro atoms. The number of amidine groups is 1. The van der Waals surface area contributed by atoms with E-state index in [0.29, 0.717) is 11.6 Å². The molecule has 0 amide bonds. The van der Waals surface area contributed by atoms with Crippen molar-refractivity contribution in [1.82, 2.24) is 4.98 Å². The van der Waals surface area contributed by atoms with Crippen LogP contribution in [0.5, 0.6) is 0 Å². The van der Waals surface area contributed by atoms with Crippen molar-refractivity contribution in [3.05, 3.63) is 23.4 Å². The molecule has 1 aromatic heterocycles. The second kappa shape index (κ2) is 5.25. The van der Waals surface area contributed by atoms with Gasteiger partial charge in [-0.05, 0) is 38.3 Å². The summed E-state index contributed by atoms with van der Waals surface area (Å²) < 4.78 is 0. The Morgan fingerprint density at radius 2 is 2.28 bits per heavy atom. The molecule has 1 aromatic rings. The molecule has 0 aliphatic heterocycles. The maximum absolute atomic E-state index is 8.86. The molecule has 0 unspecified atom stereocenters. The van der Waals surface area contributed by atoms with E-state index in [0.717, 1.165) is 24.5 Å². The number of hydrogen-bond acceptors (Lipinski definition) is 4. The molecule has 0 radical (unpaired) electrons. The molecule has 5 nitrogen and oxygen atoms in total. The van der Waals surface area contributed by atoms with Gasteiger partial charge in [0, 0.05) is 18.3 Å². The molecule has 1 aliphatic rings. The van der Waals surface area contributed by atoms with Crippen LogP contribution in [0.3, 0.4) is 0 Å². The van der Waals surface area contributed by atoms with Gasteiger partial charge in [-0.1, -0.05) is 12.1 Å². The van der Waals surface area contributed by atoms with Crippen molar-refractivity contribution in [2.75, 3.05) is 11.4 Å². The molecule has 1 fully saturated rings. The van der Waals surface area contributed by atoms with Crippen molar-refractivity contribution in [2.45, 2.75) is 39.2 Å². The lowest BCUT2D eigenvalue weighted by Crippen LogP contribution is -2.30. The maximum Gasteiger partial charge on any atom is 0.173 e. The van der Waals surface area contributed by atoms with Crippen molar-refractivity contribution in [3.8, 4) is 0 Å². The summed E-state index contributed by atoms with van der Waals surface area (Å²) >= 11 is 0. The predicted molar refractivity (Wildman–Crippen MR) is 72.1 cm³/mol. The highest BCUT2D eigenvalue weighted by atomic mass is 16.4. The third-order valence-corrected chi connectivity index (χ3v) is 3.12. The Hall–Kier alpha value is -1.78. The Morgan fingerprint density at radius 1 is 1.56 bits per heavy atom. The molecule has 3 N–H and O–H groups in total. The third kappa shape index (κ3) is 2.55. The zero-order chi connectivity index (χ0) is 13.1. The smallest absolute Gasteiger partial charge is 0.173 e. The van der Waals surface area contributed by atoms with Gasteiger partial charge in [-0.3, -0.25) is 0 Å². The van der Waals surface area contributed by atoms with Crippen molar-refractivity contribution < 1.29 is 5.21 Å². The van der Waals surface area contributed by atoms with Crippen molar-refractivity contribution in [3.63, 3.8) is 0 Å². The second-order valence-corrected chi connectivity index (χ2v) is 4.73. The Kier molecular flexibility index (Phi) is 3.69. The van der Waals surface area contributed by atoms with Gasteiger partial charge < -0.3 is 15.8 Å². The predicted octanol–water partition coefficient (Wildman–Crippen LogP) is 1.86. The molecular formula is C13H20N4O. The largest absolute Gasteiger partial charge is 0.409 e. The van der Waals surface area contributed by atoms with Crippen LogP contribution in [-0.4, -0.2) is 28.6 Å². The zero-order valence-corrected chi connectivity index (χ0v) is 10.9. The average Bonchev–Trinajstić information content (AvgIpc) is 3.19. The van der Waals surface area contributed by atoms with E-state index in [2.05, 4.69) is 22.0 Å². The highest BCUT2D eigenvalue weighted by molar-refractivity contribution is 6.01. The summed E-state index contributed by atoms with van der Waals surface area (Å²) in [7, 11) is 0. The first kappa shape index (κ1) is 12.7. The van der Waals surface area contributed by atoms with E-state index < -0.39 is 0 Å². The molecule has 2 rings (SSSR count). The summed E-state index contributed by atoms with van der Waals surface area (Å²) in [6.45, 7) is 5.05. The molecule has 5 heteroatoms. The van der Waals surface area contributed by atoms with E-state index in [1.54, 1.807) is 0 Å². The van der Waals surface area contributed by atoms with Gasteiger partial charge in [0.15, 0.2) is 5.84 Å². The van der Waals surface area contributed by atoms with E-state index in [9.17, 15) is 0 Å². The van der Waals surface area contributed by atoms with Crippen molar-refractivity contribution >= 4 is 11.7 Å².